The second-order valence-electron chi connectivity index (χ2n) is 3.74. The molecular formula is C15H19NO3S. The second-order valence-corrected chi connectivity index (χ2v) is 4.60. The van der Waals surface area contributed by atoms with Gasteiger partial charge in [-0.3, -0.25) is 0 Å². The van der Waals surface area contributed by atoms with Gasteiger partial charge in [0.1, 0.15) is 10.8 Å². The number of hydrogen-bond donors (Lipinski definition) is 0. The molecule has 0 bridgehead atoms. The smallest absolute Gasteiger partial charge is 0.357 e. The monoisotopic (exact) mass is 293 g/mol. The number of rotatable bonds is 7. The molecule has 5 heteroatoms. The molecule has 0 aliphatic heterocycles. The summed E-state index contributed by atoms with van der Waals surface area (Å²) in [4.78, 5) is 15.7. The number of carbonyl (C=O) groups excluding carboxylic acids is 1. The Hall–Kier alpha value is -1.88. The van der Waals surface area contributed by atoms with Crippen molar-refractivity contribution in [2.75, 3.05) is 13.2 Å². The van der Waals surface area contributed by atoms with Gasteiger partial charge in [-0.15, -0.1) is 11.3 Å². The van der Waals surface area contributed by atoms with Crippen molar-refractivity contribution in [2.24, 2.45) is 0 Å². The van der Waals surface area contributed by atoms with E-state index < -0.39 is 5.97 Å². The standard InChI is InChI=1S/C15H19NO3S/c1-5-12(18-6-2)9-8-11(4)14-16-13(10-20-14)15(17)19-7-3/h5,8-10H,4,6-7H2,1-3H3/b9-8-,12-5+. The summed E-state index contributed by atoms with van der Waals surface area (Å²) in [5, 5.41) is 2.36. The third-order valence-electron chi connectivity index (χ3n) is 2.31. The highest BCUT2D eigenvalue weighted by Gasteiger charge is 2.12. The van der Waals surface area contributed by atoms with Gasteiger partial charge in [0, 0.05) is 11.0 Å². The fraction of sp³-hybridized carbons (Fsp3) is 0.333. The van der Waals surface area contributed by atoms with Crippen molar-refractivity contribution in [2.45, 2.75) is 20.8 Å². The molecule has 1 rings (SSSR count). The Morgan fingerprint density at radius 1 is 1.35 bits per heavy atom. The van der Waals surface area contributed by atoms with Crippen LogP contribution in [0.3, 0.4) is 0 Å². The average molecular weight is 293 g/mol. The lowest BCUT2D eigenvalue weighted by Gasteiger charge is -2.02. The van der Waals surface area contributed by atoms with E-state index in [1.54, 1.807) is 12.3 Å². The quantitative estimate of drug-likeness (QED) is 0.435. The molecule has 0 atom stereocenters. The normalized spacial score (nSPS) is 11.7. The Balaban J connectivity index is 2.73. The first kappa shape index (κ1) is 16.2. The number of esters is 1. The minimum atomic E-state index is -0.407. The van der Waals surface area contributed by atoms with Gasteiger partial charge in [-0.25, -0.2) is 9.78 Å². The highest BCUT2D eigenvalue weighted by molar-refractivity contribution is 7.11. The predicted octanol–water partition coefficient (Wildman–Crippen LogP) is 3.83. The van der Waals surface area contributed by atoms with E-state index in [-0.39, 0.29) is 0 Å². The second kappa shape index (κ2) is 8.32. The number of aromatic nitrogens is 1. The Labute approximate surface area is 123 Å². The van der Waals surface area contributed by atoms with Crippen LogP contribution in [0, 0.1) is 0 Å². The van der Waals surface area contributed by atoms with Gasteiger partial charge in [-0.1, -0.05) is 6.58 Å². The van der Waals surface area contributed by atoms with E-state index in [0.29, 0.717) is 23.9 Å². The summed E-state index contributed by atoms with van der Waals surface area (Å²) in [7, 11) is 0. The van der Waals surface area contributed by atoms with E-state index in [4.69, 9.17) is 9.47 Å². The highest BCUT2D eigenvalue weighted by Crippen LogP contribution is 2.20. The summed E-state index contributed by atoms with van der Waals surface area (Å²) in [5.41, 5.74) is 1.04. The van der Waals surface area contributed by atoms with Crippen LogP contribution in [0.15, 0.2) is 35.9 Å². The molecule has 0 amide bonds. The van der Waals surface area contributed by atoms with Crippen molar-refractivity contribution >= 4 is 22.9 Å². The summed E-state index contributed by atoms with van der Waals surface area (Å²) in [6.45, 7) is 10.5. The lowest BCUT2D eigenvalue weighted by Crippen LogP contribution is -2.04. The van der Waals surface area contributed by atoms with Crippen molar-refractivity contribution in [3.05, 3.63) is 46.6 Å². The summed E-state index contributed by atoms with van der Waals surface area (Å²) in [5.74, 6) is 0.367. The van der Waals surface area contributed by atoms with Crippen LogP contribution in [-0.4, -0.2) is 24.2 Å². The van der Waals surface area contributed by atoms with E-state index in [1.165, 1.54) is 11.3 Å². The van der Waals surface area contributed by atoms with Crippen LogP contribution in [0.5, 0.6) is 0 Å². The van der Waals surface area contributed by atoms with Gasteiger partial charge in [0.2, 0.25) is 0 Å². The number of thiazole rings is 1. The van der Waals surface area contributed by atoms with Gasteiger partial charge in [-0.2, -0.15) is 0 Å². The Bertz CT molecular complexity index is 529. The first-order valence-corrected chi connectivity index (χ1v) is 7.29. The number of nitrogens with zero attached hydrogens (tertiary/aromatic N) is 1. The zero-order chi connectivity index (χ0) is 15.0. The van der Waals surface area contributed by atoms with Crippen molar-refractivity contribution in [3.8, 4) is 0 Å². The molecule has 1 aromatic rings. The molecule has 0 aliphatic carbocycles. The fourth-order valence-electron chi connectivity index (χ4n) is 1.37. The maximum Gasteiger partial charge on any atom is 0.357 e. The van der Waals surface area contributed by atoms with E-state index in [2.05, 4.69) is 11.6 Å². The van der Waals surface area contributed by atoms with E-state index in [9.17, 15) is 4.79 Å². The molecular weight excluding hydrogens is 274 g/mol. The first-order valence-electron chi connectivity index (χ1n) is 6.41. The van der Waals surface area contributed by atoms with Crippen molar-refractivity contribution in [3.63, 3.8) is 0 Å². The Morgan fingerprint density at radius 2 is 2.05 bits per heavy atom. The molecule has 1 aromatic heterocycles. The third-order valence-corrected chi connectivity index (χ3v) is 3.23. The van der Waals surface area contributed by atoms with Crippen LogP contribution < -0.4 is 0 Å². The van der Waals surface area contributed by atoms with Gasteiger partial charge in [0.15, 0.2) is 5.69 Å². The molecule has 20 heavy (non-hydrogen) atoms. The summed E-state index contributed by atoms with van der Waals surface area (Å²) < 4.78 is 10.3. The Kier molecular flexibility index (Phi) is 6.73. The molecule has 0 spiro atoms. The number of ether oxygens (including phenoxy) is 2. The summed E-state index contributed by atoms with van der Waals surface area (Å²) in [6, 6.07) is 0. The largest absolute Gasteiger partial charge is 0.494 e. The zero-order valence-electron chi connectivity index (χ0n) is 12.0. The topological polar surface area (TPSA) is 48.4 Å². The zero-order valence-corrected chi connectivity index (χ0v) is 12.8. The summed E-state index contributed by atoms with van der Waals surface area (Å²) >= 11 is 1.36. The SMILES string of the molecule is C=C(/C=C\C(=C/C)OCC)c1nc(C(=O)OCC)cs1. The van der Waals surface area contributed by atoms with Crippen molar-refractivity contribution in [1.82, 2.24) is 4.98 Å². The van der Waals surface area contributed by atoms with E-state index in [0.717, 1.165) is 11.3 Å². The van der Waals surface area contributed by atoms with Gasteiger partial charge in [-0.05, 0) is 39.0 Å². The molecule has 0 saturated carbocycles. The summed E-state index contributed by atoms with van der Waals surface area (Å²) in [6.07, 6.45) is 5.52. The van der Waals surface area contributed by atoms with Crippen LogP contribution in [0.4, 0.5) is 0 Å². The molecule has 0 aliphatic rings. The predicted molar refractivity (Wildman–Crippen MR) is 81.6 cm³/mol. The van der Waals surface area contributed by atoms with Gasteiger partial charge < -0.3 is 9.47 Å². The molecule has 108 valence electrons. The maximum atomic E-state index is 11.5. The van der Waals surface area contributed by atoms with Crippen LogP contribution in [0.25, 0.3) is 5.57 Å². The molecule has 0 unspecified atom stereocenters. The van der Waals surface area contributed by atoms with Crippen molar-refractivity contribution in [1.29, 1.82) is 0 Å². The lowest BCUT2D eigenvalue weighted by atomic mass is 10.2. The highest BCUT2D eigenvalue weighted by atomic mass is 32.1. The van der Waals surface area contributed by atoms with Crippen LogP contribution in [0.2, 0.25) is 0 Å². The molecule has 0 aromatic carbocycles. The van der Waals surface area contributed by atoms with Gasteiger partial charge in [0.05, 0.1) is 13.2 Å². The molecule has 1 heterocycles. The molecule has 0 radical (unpaired) electrons. The minimum absolute atomic E-state index is 0.317. The van der Waals surface area contributed by atoms with Crippen LogP contribution in [0.1, 0.15) is 36.3 Å². The number of carbonyl (C=O) groups is 1. The van der Waals surface area contributed by atoms with E-state index >= 15 is 0 Å². The fourth-order valence-corrected chi connectivity index (χ4v) is 2.11. The Morgan fingerprint density at radius 3 is 2.65 bits per heavy atom. The first-order chi connectivity index (χ1) is 9.62. The minimum Gasteiger partial charge on any atom is -0.494 e. The molecule has 4 nitrogen and oxygen atoms in total. The maximum absolute atomic E-state index is 11.5. The van der Waals surface area contributed by atoms with Crippen molar-refractivity contribution < 1.29 is 14.3 Å². The average Bonchev–Trinajstić information content (AvgIpc) is 2.93. The van der Waals surface area contributed by atoms with E-state index in [1.807, 2.05) is 32.1 Å². The molecule has 0 fully saturated rings. The molecule has 0 N–H and O–H groups in total. The number of hydrogen-bond acceptors (Lipinski definition) is 5. The molecule has 0 saturated heterocycles. The van der Waals surface area contributed by atoms with Crippen LogP contribution in [-0.2, 0) is 9.47 Å². The number of allylic oxidation sites excluding steroid dienone is 4. The van der Waals surface area contributed by atoms with Gasteiger partial charge >= 0.3 is 5.97 Å². The lowest BCUT2D eigenvalue weighted by molar-refractivity contribution is 0.0520. The van der Waals surface area contributed by atoms with Gasteiger partial charge in [0.25, 0.3) is 0 Å². The van der Waals surface area contributed by atoms with Crippen LogP contribution >= 0.6 is 11.3 Å². The third kappa shape index (κ3) is 4.66.